The van der Waals surface area contributed by atoms with Gasteiger partial charge in [-0.3, -0.25) is 9.78 Å². The van der Waals surface area contributed by atoms with Gasteiger partial charge < -0.3 is 14.6 Å². The first-order valence-corrected chi connectivity index (χ1v) is 9.03. The molecule has 2 heterocycles. The normalized spacial score (nSPS) is 10.5. The molecule has 0 unspecified atom stereocenters. The molecule has 0 radical (unpaired) electrons. The number of ether oxygens (including phenoxy) is 1. The number of benzene rings is 2. The van der Waals surface area contributed by atoms with Crippen LogP contribution in [0.5, 0.6) is 5.75 Å². The van der Waals surface area contributed by atoms with Gasteiger partial charge >= 0.3 is 0 Å². The third-order valence-corrected chi connectivity index (χ3v) is 4.14. The van der Waals surface area contributed by atoms with E-state index in [0.29, 0.717) is 34.4 Å². The maximum Gasteiger partial charge on any atom is 0.262 e. The first kappa shape index (κ1) is 18.4. The van der Waals surface area contributed by atoms with E-state index in [1.54, 1.807) is 24.4 Å². The van der Waals surface area contributed by atoms with E-state index < -0.39 is 0 Å². The van der Waals surface area contributed by atoms with Crippen molar-refractivity contribution in [2.45, 2.75) is 6.92 Å². The quantitative estimate of drug-likeness (QED) is 0.536. The Labute approximate surface area is 167 Å². The highest BCUT2D eigenvalue weighted by Crippen LogP contribution is 2.28. The summed E-state index contributed by atoms with van der Waals surface area (Å²) in [5.41, 5.74) is 2.91. The van der Waals surface area contributed by atoms with Crippen molar-refractivity contribution in [1.82, 2.24) is 15.1 Å². The fourth-order valence-electron chi connectivity index (χ4n) is 2.68. The molecule has 0 spiro atoms. The molecular formula is C22H18N4O3. The molecule has 144 valence electrons. The van der Waals surface area contributed by atoms with Gasteiger partial charge in [-0.2, -0.15) is 4.98 Å². The third-order valence-electron chi connectivity index (χ3n) is 4.14. The Kier molecular flexibility index (Phi) is 5.29. The zero-order valence-electron chi connectivity index (χ0n) is 15.7. The Morgan fingerprint density at radius 3 is 2.62 bits per heavy atom. The van der Waals surface area contributed by atoms with E-state index in [4.69, 9.17) is 9.26 Å². The highest BCUT2D eigenvalue weighted by molar-refractivity contribution is 5.95. The topological polar surface area (TPSA) is 90.1 Å². The number of carbonyl (C=O) groups excluding carboxylic acids is 1. The number of anilines is 1. The molecule has 1 amide bonds. The van der Waals surface area contributed by atoms with Gasteiger partial charge in [0, 0.05) is 6.20 Å². The summed E-state index contributed by atoms with van der Waals surface area (Å²) in [6.45, 7) is 1.88. The van der Waals surface area contributed by atoms with Crippen LogP contribution < -0.4 is 10.1 Å². The number of rotatable bonds is 6. The fraction of sp³-hybridized carbons (Fsp3) is 0.0909. The largest absolute Gasteiger partial charge is 0.484 e. The number of pyridine rings is 1. The van der Waals surface area contributed by atoms with Gasteiger partial charge in [-0.1, -0.05) is 41.1 Å². The molecule has 0 saturated carbocycles. The lowest BCUT2D eigenvalue weighted by molar-refractivity contribution is -0.118. The van der Waals surface area contributed by atoms with Crippen LogP contribution in [0, 0.1) is 6.92 Å². The number of amides is 1. The summed E-state index contributed by atoms with van der Waals surface area (Å²) in [7, 11) is 0. The number of hydrogen-bond donors (Lipinski definition) is 1. The predicted molar refractivity (Wildman–Crippen MR) is 108 cm³/mol. The van der Waals surface area contributed by atoms with E-state index >= 15 is 0 Å². The molecule has 2 aromatic heterocycles. The minimum Gasteiger partial charge on any atom is -0.484 e. The van der Waals surface area contributed by atoms with Crippen molar-refractivity contribution in [1.29, 1.82) is 0 Å². The summed E-state index contributed by atoms with van der Waals surface area (Å²) in [6, 6.07) is 20.2. The second-order valence-electron chi connectivity index (χ2n) is 6.33. The number of nitrogens with zero attached hydrogens (tertiary/aromatic N) is 3. The Balaban J connectivity index is 1.48. The molecule has 0 atom stereocenters. The Morgan fingerprint density at radius 2 is 1.83 bits per heavy atom. The fourth-order valence-corrected chi connectivity index (χ4v) is 2.68. The minimum atomic E-state index is -0.289. The van der Waals surface area contributed by atoms with Gasteiger partial charge in [-0.15, -0.1) is 0 Å². The molecular weight excluding hydrogens is 368 g/mol. The van der Waals surface area contributed by atoms with Gasteiger partial charge in [0.1, 0.15) is 11.4 Å². The lowest BCUT2D eigenvalue weighted by Gasteiger charge is -2.10. The third kappa shape index (κ3) is 4.47. The Bertz CT molecular complexity index is 1110. The highest BCUT2D eigenvalue weighted by atomic mass is 16.5. The van der Waals surface area contributed by atoms with Crippen molar-refractivity contribution < 1.29 is 14.1 Å². The summed E-state index contributed by atoms with van der Waals surface area (Å²) in [5, 5.41) is 6.81. The average Bonchev–Trinajstić information content (AvgIpc) is 3.24. The van der Waals surface area contributed by atoms with E-state index in [1.807, 2.05) is 55.5 Å². The zero-order valence-corrected chi connectivity index (χ0v) is 15.7. The number of nitrogens with one attached hydrogen (secondary N) is 1. The van der Waals surface area contributed by atoms with Crippen LogP contribution in [0.3, 0.4) is 0 Å². The molecule has 29 heavy (non-hydrogen) atoms. The second-order valence-corrected chi connectivity index (χ2v) is 6.33. The molecule has 0 bridgehead atoms. The highest BCUT2D eigenvalue weighted by Gasteiger charge is 2.16. The van der Waals surface area contributed by atoms with Crippen LogP contribution in [-0.4, -0.2) is 27.6 Å². The SMILES string of the molecule is Cc1ccc(OCC(=O)Nc2ccccc2-c2nc(-c3ccccn3)no2)cc1. The molecule has 0 saturated heterocycles. The molecule has 7 nitrogen and oxygen atoms in total. The average molecular weight is 386 g/mol. The van der Waals surface area contributed by atoms with Crippen molar-refractivity contribution in [3.05, 3.63) is 78.5 Å². The summed E-state index contributed by atoms with van der Waals surface area (Å²) in [4.78, 5) is 21.0. The minimum absolute atomic E-state index is 0.111. The molecule has 0 aliphatic heterocycles. The van der Waals surface area contributed by atoms with Gasteiger partial charge in [0.05, 0.1) is 11.3 Å². The summed E-state index contributed by atoms with van der Waals surface area (Å²) < 4.78 is 10.9. The van der Waals surface area contributed by atoms with Crippen LogP contribution in [0.25, 0.3) is 23.0 Å². The number of aryl methyl sites for hydroxylation is 1. The number of carbonyl (C=O) groups is 1. The molecule has 0 aliphatic rings. The van der Waals surface area contributed by atoms with Crippen LogP contribution in [0.1, 0.15) is 5.56 Å². The predicted octanol–water partition coefficient (Wildman–Crippen LogP) is 4.12. The van der Waals surface area contributed by atoms with Crippen molar-refractivity contribution in [3.63, 3.8) is 0 Å². The van der Waals surface area contributed by atoms with Crippen molar-refractivity contribution in [2.24, 2.45) is 0 Å². The van der Waals surface area contributed by atoms with Gasteiger partial charge in [-0.05, 0) is 43.3 Å². The summed E-state index contributed by atoms with van der Waals surface area (Å²) >= 11 is 0. The number of aromatic nitrogens is 3. The van der Waals surface area contributed by atoms with Crippen LogP contribution in [0.4, 0.5) is 5.69 Å². The van der Waals surface area contributed by atoms with Crippen LogP contribution in [-0.2, 0) is 4.79 Å². The summed E-state index contributed by atoms with van der Waals surface area (Å²) in [5.74, 6) is 1.02. The van der Waals surface area contributed by atoms with Crippen molar-refractivity contribution in [2.75, 3.05) is 11.9 Å². The second kappa shape index (κ2) is 8.35. The van der Waals surface area contributed by atoms with Gasteiger partial charge in [0.25, 0.3) is 11.8 Å². The number of hydrogen-bond acceptors (Lipinski definition) is 6. The Morgan fingerprint density at radius 1 is 1.03 bits per heavy atom. The van der Waals surface area contributed by atoms with Gasteiger partial charge in [0.2, 0.25) is 5.82 Å². The first-order valence-electron chi connectivity index (χ1n) is 9.03. The van der Waals surface area contributed by atoms with E-state index in [-0.39, 0.29) is 12.5 Å². The summed E-state index contributed by atoms with van der Waals surface area (Å²) in [6.07, 6.45) is 1.66. The molecule has 4 rings (SSSR count). The number of para-hydroxylation sites is 1. The first-order chi connectivity index (χ1) is 14.2. The zero-order chi connectivity index (χ0) is 20.1. The molecule has 4 aromatic rings. The molecule has 7 heteroatoms. The molecule has 0 aliphatic carbocycles. The van der Waals surface area contributed by atoms with Crippen LogP contribution in [0.15, 0.2) is 77.4 Å². The monoisotopic (exact) mass is 386 g/mol. The molecule has 2 aromatic carbocycles. The smallest absolute Gasteiger partial charge is 0.262 e. The lowest BCUT2D eigenvalue weighted by Crippen LogP contribution is -2.20. The van der Waals surface area contributed by atoms with Crippen molar-refractivity contribution >= 4 is 11.6 Å². The van der Waals surface area contributed by atoms with E-state index in [2.05, 4.69) is 20.4 Å². The standard InChI is InChI=1S/C22H18N4O3/c1-15-9-11-16(12-10-15)28-14-20(27)24-18-7-3-2-6-17(18)22-25-21(26-29-22)19-8-4-5-13-23-19/h2-13H,14H2,1H3,(H,24,27). The van der Waals surface area contributed by atoms with Gasteiger partial charge in [-0.25, -0.2) is 0 Å². The van der Waals surface area contributed by atoms with E-state index in [9.17, 15) is 4.79 Å². The van der Waals surface area contributed by atoms with Crippen LogP contribution >= 0.6 is 0 Å². The molecule has 0 fully saturated rings. The Hall–Kier alpha value is -4.00. The lowest BCUT2D eigenvalue weighted by atomic mass is 10.1. The van der Waals surface area contributed by atoms with Gasteiger partial charge in [0.15, 0.2) is 6.61 Å². The maximum absolute atomic E-state index is 12.4. The van der Waals surface area contributed by atoms with E-state index in [0.717, 1.165) is 5.56 Å². The van der Waals surface area contributed by atoms with Crippen LogP contribution in [0.2, 0.25) is 0 Å². The van der Waals surface area contributed by atoms with E-state index in [1.165, 1.54) is 0 Å². The maximum atomic E-state index is 12.4. The van der Waals surface area contributed by atoms with Crippen molar-refractivity contribution in [3.8, 4) is 28.7 Å². The molecule has 1 N–H and O–H groups in total.